The van der Waals surface area contributed by atoms with Gasteiger partial charge in [-0.3, -0.25) is 9.59 Å². The number of para-hydroxylation sites is 1. The number of halogens is 2. The molecule has 3 aromatic rings. The quantitative estimate of drug-likeness (QED) is 0.387. The highest BCUT2D eigenvalue weighted by atomic mass is 79.9. The van der Waals surface area contributed by atoms with Crippen molar-refractivity contribution in [1.29, 1.82) is 0 Å². The maximum atomic E-state index is 12.6. The molecule has 1 amide bonds. The highest BCUT2D eigenvalue weighted by molar-refractivity contribution is 9.13. The van der Waals surface area contributed by atoms with Crippen LogP contribution in [0.25, 0.3) is 10.9 Å². The maximum Gasteiger partial charge on any atom is 0.253 e. The lowest BCUT2D eigenvalue weighted by Crippen LogP contribution is -2.46. The summed E-state index contributed by atoms with van der Waals surface area (Å²) >= 11 is 7.75. The predicted octanol–water partition coefficient (Wildman–Crippen LogP) is 5.24. The van der Waals surface area contributed by atoms with Crippen LogP contribution in [0.5, 0.6) is 0 Å². The van der Waals surface area contributed by atoms with E-state index in [2.05, 4.69) is 42.9 Å². The van der Waals surface area contributed by atoms with Gasteiger partial charge in [0, 0.05) is 34.0 Å². The van der Waals surface area contributed by atoms with Gasteiger partial charge in [-0.15, -0.1) is 11.3 Å². The van der Waals surface area contributed by atoms with Gasteiger partial charge in [0.2, 0.25) is 5.91 Å². The SMILES string of the molecule is CC(=O)[C@@H]1CCCCN1S(=O)(=O)c1cc(Br)c(Br)s1.CC(Cc1c[nH]c2ccccc12)C(N)=O. The molecule has 11 heteroatoms. The van der Waals surface area contributed by atoms with Crippen LogP contribution in [-0.2, 0) is 26.0 Å². The summed E-state index contributed by atoms with van der Waals surface area (Å²) in [5, 5.41) is 1.17. The third-order valence-electron chi connectivity index (χ3n) is 5.80. The van der Waals surface area contributed by atoms with Crippen LogP contribution >= 0.6 is 43.2 Å². The van der Waals surface area contributed by atoms with Crippen molar-refractivity contribution in [3.8, 4) is 0 Å². The van der Waals surface area contributed by atoms with E-state index in [4.69, 9.17) is 5.73 Å². The van der Waals surface area contributed by atoms with Crippen LogP contribution in [0, 0.1) is 5.92 Å². The Morgan fingerprint density at radius 3 is 2.59 bits per heavy atom. The van der Waals surface area contributed by atoms with Crippen molar-refractivity contribution in [2.24, 2.45) is 11.7 Å². The number of Topliss-reactive ketones (excluding diaryl/α,β-unsaturated/α-hetero) is 1. The molecule has 0 bridgehead atoms. The number of sulfonamides is 1. The molecule has 184 valence electrons. The Kier molecular flexibility index (Phi) is 9.13. The number of hydrogen-bond donors (Lipinski definition) is 2. The molecule has 1 fully saturated rings. The number of thiophene rings is 1. The van der Waals surface area contributed by atoms with Gasteiger partial charge in [-0.1, -0.05) is 31.5 Å². The summed E-state index contributed by atoms with van der Waals surface area (Å²) in [6, 6.07) is 9.12. The third kappa shape index (κ3) is 6.17. The molecule has 1 aromatic carbocycles. The van der Waals surface area contributed by atoms with Crippen molar-refractivity contribution in [1.82, 2.24) is 9.29 Å². The molecular weight excluding hydrogens is 606 g/mol. The van der Waals surface area contributed by atoms with Gasteiger partial charge in [-0.25, -0.2) is 8.42 Å². The molecule has 1 aliphatic rings. The fourth-order valence-electron chi connectivity index (χ4n) is 3.90. The van der Waals surface area contributed by atoms with Crippen LogP contribution in [-0.4, -0.2) is 42.0 Å². The highest BCUT2D eigenvalue weighted by Crippen LogP contribution is 2.37. The number of H-pyrrole nitrogens is 1. The lowest BCUT2D eigenvalue weighted by Gasteiger charge is -2.32. The molecule has 3 N–H and O–H groups in total. The van der Waals surface area contributed by atoms with Gasteiger partial charge in [-0.2, -0.15) is 4.31 Å². The first-order valence-corrected chi connectivity index (χ1v) is 14.7. The fourth-order valence-corrected chi connectivity index (χ4v) is 8.56. The van der Waals surface area contributed by atoms with Gasteiger partial charge in [0.1, 0.15) is 9.99 Å². The minimum absolute atomic E-state index is 0.0852. The summed E-state index contributed by atoms with van der Waals surface area (Å²) in [7, 11) is -3.59. The van der Waals surface area contributed by atoms with E-state index in [1.54, 1.807) is 6.07 Å². The molecule has 34 heavy (non-hydrogen) atoms. The molecule has 0 saturated carbocycles. The van der Waals surface area contributed by atoms with Crippen LogP contribution in [0.2, 0.25) is 0 Å². The summed E-state index contributed by atoms with van der Waals surface area (Å²) < 4.78 is 28.3. The number of fused-ring (bicyclic) bond motifs is 1. The predicted molar refractivity (Wildman–Crippen MR) is 142 cm³/mol. The van der Waals surface area contributed by atoms with Crippen molar-refractivity contribution in [3.63, 3.8) is 0 Å². The Balaban J connectivity index is 0.000000196. The van der Waals surface area contributed by atoms with Gasteiger partial charge in [0.15, 0.2) is 0 Å². The lowest BCUT2D eigenvalue weighted by molar-refractivity contribution is -0.122. The zero-order chi connectivity index (χ0) is 25.0. The minimum Gasteiger partial charge on any atom is -0.369 e. The number of amides is 1. The monoisotopic (exact) mass is 631 g/mol. The highest BCUT2D eigenvalue weighted by Gasteiger charge is 2.37. The van der Waals surface area contributed by atoms with Crippen LogP contribution < -0.4 is 5.73 Å². The second-order valence-electron chi connectivity index (χ2n) is 8.29. The molecule has 1 saturated heterocycles. The molecule has 0 spiro atoms. The van der Waals surface area contributed by atoms with Crippen LogP contribution in [0.4, 0.5) is 0 Å². The maximum absolute atomic E-state index is 12.6. The first kappa shape index (κ1) is 27.1. The minimum atomic E-state index is -3.59. The number of carbonyl (C=O) groups is 2. The van der Waals surface area contributed by atoms with E-state index in [0.29, 0.717) is 23.9 Å². The van der Waals surface area contributed by atoms with Crippen LogP contribution in [0.1, 0.15) is 38.7 Å². The molecule has 0 radical (unpaired) electrons. The number of carbonyl (C=O) groups excluding carboxylic acids is 2. The number of rotatable bonds is 6. The van der Waals surface area contributed by atoms with Crippen molar-refractivity contribution in [2.75, 3.05) is 6.54 Å². The molecule has 0 aliphatic carbocycles. The Morgan fingerprint density at radius 1 is 1.26 bits per heavy atom. The average Bonchev–Trinajstić information content (AvgIpc) is 3.37. The number of nitrogens with zero attached hydrogens (tertiary/aromatic N) is 1. The topological polar surface area (TPSA) is 113 Å². The number of piperidine rings is 1. The van der Waals surface area contributed by atoms with E-state index < -0.39 is 16.1 Å². The number of aromatic nitrogens is 1. The molecule has 2 aromatic heterocycles. The van der Waals surface area contributed by atoms with E-state index in [9.17, 15) is 18.0 Å². The van der Waals surface area contributed by atoms with Crippen molar-refractivity contribution >= 4 is 75.8 Å². The normalized spacial score (nSPS) is 17.7. The summed E-state index contributed by atoms with van der Waals surface area (Å²) in [6.45, 7) is 3.72. The second kappa shape index (κ2) is 11.5. The summed E-state index contributed by atoms with van der Waals surface area (Å²) in [5.41, 5.74) is 7.50. The Bertz CT molecular complexity index is 1270. The Labute approximate surface area is 220 Å². The number of aromatic amines is 1. The van der Waals surface area contributed by atoms with Gasteiger partial charge in [0.25, 0.3) is 10.0 Å². The largest absolute Gasteiger partial charge is 0.369 e. The molecule has 3 heterocycles. The molecule has 2 atom stereocenters. The first-order chi connectivity index (χ1) is 16.0. The average molecular weight is 633 g/mol. The van der Waals surface area contributed by atoms with E-state index >= 15 is 0 Å². The summed E-state index contributed by atoms with van der Waals surface area (Å²) in [5.74, 6) is -0.456. The molecule has 7 nitrogen and oxygen atoms in total. The van der Waals surface area contributed by atoms with Gasteiger partial charge >= 0.3 is 0 Å². The zero-order valence-electron chi connectivity index (χ0n) is 18.9. The molecule has 1 aliphatic heterocycles. The Morgan fingerprint density at radius 2 is 1.97 bits per heavy atom. The first-order valence-electron chi connectivity index (χ1n) is 10.8. The lowest BCUT2D eigenvalue weighted by atomic mass is 10.0. The van der Waals surface area contributed by atoms with Crippen molar-refractivity contribution in [3.05, 3.63) is 50.4 Å². The third-order valence-corrected chi connectivity index (χ3v) is 11.4. The van der Waals surface area contributed by atoms with Gasteiger partial charge in [-0.05, 0) is 75.7 Å². The number of nitrogens with two attached hydrogens (primary N) is 1. The van der Waals surface area contributed by atoms with E-state index in [1.165, 1.54) is 16.6 Å². The molecule has 1 unspecified atom stereocenters. The zero-order valence-corrected chi connectivity index (χ0v) is 23.7. The number of hydrogen-bond acceptors (Lipinski definition) is 5. The standard InChI is InChI=1S/C12H14N2O.C11H13Br2NO3S2/c1-8(12(13)15)6-9-7-14-11-5-3-2-4-10(9)11;1-7(15)9-4-2-3-5-14(9)19(16,17)10-6-8(12)11(13)18-10/h2-5,7-8,14H,6H2,1H3,(H2,13,15);6,9H,2-5H2,1H3/t;9-/m.0/s1. The number of primary amides is 1. The van der Waals surface area contributed by atoms with Crippen molar-refractivity contribution in [2.45, 2.75) is 49.8 Å². The van der Waals surface area contributed by atoms with E-state index in [1.807, 2.05) is 31.3 Å². The van der Waals surface area contributed by atoms with Gasteiger partial charge < -0.3 is 10.7 Å². The number of nitrogens with one attached hydrogen (secondary N) is 1. The summed E-state index contributed by atoms with van der Waals surface area (Å²) in [4.78, 5) is 25.8. The Hall–Kier alpha value is -1.53. The van der Waals surface area contributed by atoms with Crippen molar-refractivity contribution < 1.29 is 18.0 Å². The molecular formula is C23H27Br2N3O4S2. The van der Waals surface area contributed by atoms with Crippen LogP contribution in [0.15, 0.2) is 49.0 Å². The van der Waals surface area contributed by atoms with E-state index in [0.717, 1.165) is 39.0 Å². The van der Waals surface area contributed by atoms with Crippen LogP contribution in [0.3, 0.4) is 0 Å². The second-order valence-corrected chi connectivity index (χ2v) is 13.6. The van der Waals surface area contributed by atoms with Gasteiger partial charge in [0.05, 0.1) is 9.83 Å². The fraction of sp³-hybridized carbons (Fsp3) is 0.391. The smallest absolute Gasteiger partial charge is 0.253 e. The number of ketones is 1. The van der Waals surface area contributed by atoms with E-state index in [-0.39, 0.29) is 21.8 Å². The molecule has 4 rings (SSSR count). The number of benzene rings is 1. The summed E-state index contributed by atoms with van der Waals surface area (Å²) in [6.07, 6.45) is 4.95.